The predicted octanol–water partition coefficient (Wildman–Crippen LogP) is 1.31. The molecule has 1 heterocycles. The Labute approximate surface area is 89.7 Å². The molecule has 3 nitrogen and oxygen atoms in total. The molecule has 0 unspecified atom stereocenters. The minimum Gasteiger partial charge on any atom is -0.378 e. The van der Waals surface area contributed by atoms with Crippen molar-refractivity contribution in [2.45, 2.75) is 12.8 Å². The molecule has 1 aliphatic heterocycles. The average molecular weight is 205 g/mol. The highest BCUT2D eigenvalue weighted by atomic mass is 16.5. The number of nitrogens with zero attached hydrogens (tertiary/aromatic N) is 1. The Hall–Kier alpha value is -1.31. The number of carbonyl (C=O) groups excluding carboxylic acids is 1. The van der Waals surface area contributed by atoms with Crippen molar-refractivity contribution in [2.24, 2.45) is 0 Å². The third kappa shape index (κ3) is 2.58. The van der Waals surface area contributed by atoms with Gasteiger partial charge in [0.25, 0.3) is 0 Å². The summed E-state index contributed by atoms with van der Waals surface area (Å²) < 4.78 is 5.27. The standard InChI is InChI=1S/C12H15NO2/c14-10-12-4-2-1-3-11(12)9-13-5-7-15-8-6-13/h2,4,9H,1,3,5-8H2/b11-9+. The summed E-state index contributed by atoms with van der Waals surface area (Å²) >= 11 is 0. The van der Waals surface area contributed by atoms with Crippen LogP contribution in [0.1, 0.15) is 12.8 Å². The van der Waals surface area contributed by atoms with Crippen LogP contribution in [0.3, 0.4) is 0 Å². The molecule has 0 atom stereocenters. The fraction of sp³-hybridized carbons (Fsp3) is 0.500. The second-order valence-corrected chi connectivity index (χ2v) is 3.76. The summed E-state index contributed by atoms with van der Waals surface area (Å²) in [7, 11) is 0. The molecule has 3 heteroatoms. The second kappa shape index (κ2) is 4.96. The van der Waals surface area contributed by atoms with Gasteiger partial charge in [-0.25, -0.2) is 4.79 Å². The van der Waals surface area contributed by atoms with Crippen LogP contribution < -0.4 is 0 Å². The first-order valence-corrected chi connectivity index (χ1v) is 5.34. The predicted molar refractivity (Wildman–Crippen MR) is 58.1 cm³/mol. The van der Waals surface area contributed by atoms with Crippen molar-refractivity contribution in [1.29, 1.82) is 0 Å². The minimum atomic E-state index is 0.702. The molecule has 15 heavy (non-hydrogen) atoms. The Balaban J connectivity index is 2.10. The zero-order valence-electron chi connectivity index (χ0n) is 8.74. The third-order valence-electron chi connectivity index (χ3n) is 2.70. The Morgan fingerprint density at radius 2 is 2.20 bits per heavy atom. The van der Waals surface area contributed by atoms with Crippen LogP contribution in [0, 0.1) is 0 Å². The van der Waals surface area contributed by atoms with Crippen LogP contribution >= 0.6 is 0 Å². The molecular weight excluding hydrogens is 190 g/mol. The van der Waals surface area contributed by atoms with Crippen LogP contribution in [0.5, 0.6) is 0 Å². The maximum Gasteiger partial charge on any atom is 0.132 e. The lowest BCUT2D eigenvalue weighted by Gasteiger charge is -2.26. The molecule has 2 aliphatic rings. The average Bonchev–Trinajstić information content (AvgIpc) is 2.31. The highest BCUT2D eigenvalue weighted by Crippen LogP contribution is 2.21. The smallest absolute Gasteiger partial charge is 0.132 e. The highest BCUT2D eigenvalue weighted by Gasteiger charge is 2.11. The van der Waals surface area contributed by atoms with Crippen molar-refractivity contribution in [2.75, 3.05) is 26.3 Å². The second-order valence-electron chi connectivity index (χ2n) is 3.76. The van der Waals surface area contributed by atoms with Crippen molar-refractivity contribution in [1.82, 2.24) is 4.90 Å². The topological polar surface area (TPSA) is 29.5 Å². The first kappa shape index (κ1) is 10.2. The van der Waals surface area contributed by atoms with E-state index >= 15 is 0 Å². The molecule has 0 radical (unpaired) electrons. The number of allylic oxidation sites excluding steroid dienone is 4. The van der Waals surface area contributed by atoms with Crippen LogP contribution in [0.2, 0.25) is 0 Å². The number of hydrogen-bond acceptors (Lipinski definition) is 3. The maximum absolute atomic E-state index is 10.7. The van der Waals surface area contributed by atoms with Gasteiger partial charge in [-0.3, -0.25) is 0 Å². The van der Waals surface area contributed by atoms with E-state index in [4.69, 9.17) is 4.74 Å². The van der Waals surface area contributed by atoms with E-state index in [2.05, 4.69) is 11.1 Å². The van der Waals surface area contributed by atoms with Gasteiger partial charge in [-0.05, 0) is 24.5 Å². The van der Waals surface area contributed by atoms with Gasteiger partial charge in [-0.15, -0.1) is 0 Å². The summed E-state index contributed by atoms with van der Waals surface area (Å²) in [6.45, 7) is 3.39. The molecule has 0 aromatic rings. The summed E-state index contributed by atoms with van der Waals surface area (Å²) in [5.41, 5.74) is 1.81. The Kier molecular flexibility index (Phi) is 3.38. The molecule has 0 aromatic carbocycles. The van der Waals surface area contributed by atoms with Gasteiger partial charge in [0.1, 0.15) is 5.94 Å². The molecule has 0 aromatic heterocycles. The van der Waals surface area contributed by atoms with Gasteiger partial charge in [0.15, 0.2) is 0 Å². The summed E-state index contributed by atoms with van der Waals surface area (Å²) in [5.74, 6) is 2.00. The molecule has 1 fully saturated rings. The molecule has 2 rings (SSSR count). The number of hydrogen-bond donors (Lipinski definition) is 0. The van der Waals surface area contributed by atoms with Crippen molar-refractivity contribution >= 4 is 5.94 Å². The number of ether oxygens (including phenoxy) is 1. The zero-order chi connectivity index (χ0) is 10.5. The van der Waals surface area contributed by atoms with Crippen LogP contribution in [0.25, 0.3) is 0 Å². The monoisotopic (exact) mass is 205 g/mol. The molecule has 1 saturated heterocycles. The number of morpholine rings is 1. The number of rotatable bonds is 1. The van der Waals surface area contributed by atoms with Crippen molar-refractivity contribution in [3.63, 3.8) is 0 Å². The molecule has 1 aliphatic carbocycles. The van der Waals surface area contributed by atoms with E-state index in [0.29, 0.717) is 5.57 Å². The Morgan fingerprint density at radius 1 is 1.40 bits per heavy atom. The highest BCUT2D eigenvalue weighted by molar-refractivity contribution is 5.66. The van der Waals surface area contributed by atoms with Crippen LogP contribution in [-0.2, 0) is 9.53 Å². The van der Waals surface area contributed by atoms with Crippen LogP contribution in [-0.4, -0.2) is 37.1 Å². The molecule has 0 bridgehead atoms. The van der Waals surface area contributed by atoms with Gasteiger partial charge in [-0.2, -0.15) is 0 Å². The molecule has 0 amide bonds. The fourth-order valence-corrected chi connectivity index (χ4v) is 1.84. The molecule has 0 spiro atoms. The molecule has 0 saturated carbocycles. The fourth-order valence-electron chi connectivity index (χ4n) is 1.84. The Morgan fingerprint density at radius 3 is 2.93 bits per heavy atom. The van der Waals surface area contributed by atoms with E-state index in [9.17, 15) is 4.79 Å². The van der Waals surface area contributed by atoms with Crippen LogP contribution in [0.15, 0.2) is 29.5 Å². The lowest BCUT2D eigenvalue weighted by Crippen LogP contribution is -2.32. The minimum absolute atomic E-state index is 0.702. The van der Waals surface area contributed by atoms with E-state index in [-0.39, 0.29) is 0 Å². The summed E-state index contributed by atoms with van der Waals surface area (Å²) in [6, 6.07) is 0. The first-order valence-electron chi connectivity index (χ1n) is 5.34. The lowest BCUT2D eigenvalue weighted by molar-refractivity contribution is 0.0590. The van der Waals surface area contributed by atoms with Gasteiger partial charge in [-0.1, -0.05) is 6.08 Å². The molecule has 0 N–H and O–H groups in total. The van der Waals surface area contributed by atoms with Gasteiger partial charge >= 0.3 is 0 Å². The van der Waals surface area contributed by atoms with E-state index in [0.717, 1.165) is 44.7 Å². The van der Waals surface area contributed by atoms with Crippen molar-refractivity contribution in [3.05, 3.63) is 29.5 Å². The van der Waals surface area contributed by atoms with Gasteiger partial charge < -0.3 is 9.64 Å². The van der Waals surface area contributed by atoms with E-state index in [1.165, 1.54) is 0 Å². The van der Waals surface area contributed by atoms with Crippen molar-refractivity contribution in [3.8, 4) is 0 Å². The van der Waals surface area contributed by atoms with E-state index < -0.39 is 0 Å². The van der Waals surface area contributed by atoms with Crippen LogP contribution in [0.4, 0.5) is 0 Å². The van der Waals surface area contributed by atoms with E-state index in [1.807, 2.05) is 18.1 Å². The summed E-state index contributed by atoms with van der Waals surface area (Å²) in [5, 5.41) is 0. The Bertz CT molecular complexity index is 332. The third-order valence-corrected chi connectivity index (χ3v) is 2.70. The molecular formula is C12H15NO2. The van der Waals surface area contributed by atoms with Gasteiger partial charge in [0.05, 0.1) is 18.8 Å². The maximum atomic E-state index is 10.7. The van der Waals surface area contributed by atoms with E-state index in [1.54, 1.807) is 0 Å². The zero-order valence-corrected chi connectivity index (χ0v) is 8.74. The summed E-state index contributed by atoms with van der Waals surface area (Å²) in [6.07, 6.45) is 7.94. The largest absolute Gasteiger partial charge is 0.378 e. The van der Waals surface area contributed by atoms with Gasteiger partial charge in [0.2, 0.25) is 0 Å². The van der Waals surface area contributed by atoms with Crippen molar-refractivity contribution < 1.29 is 9.53 Å². The molecule has 80 valence electrons. The first-order chi connectivity index (χ1) is 7.40. The normalized spacial score (nSPS) is 24.4. The van der Waals surface area contributed by atoms with Gasteiger partial charge in [0, 0.05) is 19.3 Å². The summed E-state index contributed by atoms with van der Waals surface area (Å²) in [4.78, 5) is 12.9. The SMILES string of the molecule is O=C=C1C=CCC/C1=C\N1CCOCC1. The lowest BCUT2D eigenvalue weighted by atomic mass is 9.97. The quantitative estimate of drug-likeness (QED) is 0.604.